The van der Waals surface area contributed by atoms with Gasteiger partial charge in [0.1, 0.15) is 11.8 Å². The first-order valence-electron chi connectivity index (χ1n) is 8.45. The Balaban J connectivity index is 1.73. The lowest BCUT2D eigenvalue weighted by atomic mass is 10.2. The number of rotatable bonds is 6. The van der Waals surface area contributed by atoms with Crippen molar-refractivity contribution in [2.24, 2.45) is 0 Å². The van der Waals surface area contributed by atoms with Crippen LogP contribution in [0.4, 0.5) is 17.1 Å². The number of hydrogen-bond acceptors (Lipinski definition) is 5. The molecule has 3 aromatic rings. The summed E-state index contributed by atoms with van der Waals surface area (Å²) in [6.07, 6.45) is 3.09. The summed E-state index contributed by atoms with van der Waals surface area (Å²) in [6.45, 7) is 2.50. The quantitative estimate of drug-likeness (QED) is 0.684. The predicted octanol–water partition coefficient (Wildman–Crippen LogP) is 4.35. The van der Waals surface area contributed by atoms with E-state index in [1.807, 2.05) is 13.0 Å². The third-order valence-electron chi connectivity index (χ3n) is 3.75. The molecule has 0 saturated heterocycles. The SMILES string of the molecule is CCOc1ccc(NC(=O)c2cncc(Nc3ccccc3C#N)c2)cc1. The first kappa shape index (κ1) is 18.0. The van der Waals surface area contributed by atoms with Crippen LogP contribution in [0.5, 0.6) is 5.75 Å². The molecular weight excluding hydrogens is 340 g/mol. The number of carbonyl (C=O) groups excluding carboxylic acids is 1. The highest BCUT2D eigenvalue weighted by molar-refractivity contribution is 6.04. The van der Waals surface area contributed by atoms with E-state index >= 15 is 0 Å². The molecule has 134 valence electrons. The number of aromatic nitrogens is 1. The number of pyridine rings is 1. The zero-order valence-electron chi connectivity index (χ0n) is 14.8. The van der Waals surface area contributed by atoms with E-state index in [0.717, 1.165) is 5.75 Å². The normalized spacial score (nSPS) is 9.93. The van der Waals surface area contributed by atoms with Gasteiger partial charge in [-0.1, -0.05) is 12.1 Å². The molecule has 0 aliphatic heterocycles. The van der Waals surface area contributed by atoms with Gasteiger partial charge in [0.2, 0.25) is 0 Å². The van der Waals surface area contributed by atoms with Crippen molar-refractivity contribution >= 4 is 23.0 Å². The molecule has 2 N–H and O–H groups in total. The van der Waals surface area contributed by atoms with Gasteiger partial charge in [-0.2, -0.15) is 5.26 Å². The Kier molecular flexibility index (Phi) is 5.65. The van der Waals surface area contributed by atoms with Crippen molar-refractivity contribution in [3.05, 3.63) is 78.1 Å². The fourth-order valence-electron chi connectivity index (χ4n) is 2.48. The molecule has 0 radical (unpaired) electrons. The summed E-state index contributed by atoms with van der Waals surface area (Å²) >= 11 is 0. The van der Waals surface area contributed by atoms with E-state index < -0.39 is 0 Å². The van der Waals surface area contributed by atoms with Crippen LogP contribution in [0.2, 0.25) is 0 Å². The fourth-order valence-corrected chi connectivity index (χ4v) is 2.48. The summed E-state index contributed by atoms with van der Waals surface area (Å²) in [5.74, 6) is 0.475. The number of anilines is 3. The van der Waals surface area contributed by atoms with Gasteiger partial charge in [0, 0.05) is 11.9 Å². The Labute approximate surface area is 157 Å². The summed E-state index contributed by atoms with van der Waals surface area (Å²) in [6, 6.07) is 18.1. The van der Waals surface area contributed by atoms with E-state index in [2.05, 4.69) is 21.7 Å². The third-order valence-corrected chi connectivity index (χ3v) is 3.75. The van der Waals surface area contributed by atoms with Crippen LogP contribution in [0.3, 0.4) is 0 Å². The van der Waals surface area contributed by atoms with Crippen LogP contribution >= 0.6 is 0 Å². The average molecular weight is 358 g/mol. The summed E-state index contributed by atoms with van der Waals surface area (Å²) in [5, 5.41) is 15.1. The Morgan fingerprint density at radius 1 is 1.11 bits per heavy atom. The van der Waals surface area contributed by atoms with E-state index in [9.17, 15) is 10.1 Å². The highest BCUT2D eigenvalue weighted by Gasteiger charge is 2.09. The number of ether oxygens (including phenoxy) is 1. The zero-order valence-corrected chi connectivity index (χ0v) is 14.8. The molecule has 6 heteroatoms. The number of para-hydroxylation sites is 1. The van der Waals surface area contributed by atoms with Crippen LogP contribution in [0.1, 0.15) is 22.8 Å². The highest BCUT2D eigenvalue weighted by Crippen LogP contribution is 2.21. The minimum absolute atomic E-state index is 0.274. The number of nitrogens with zero attached hydrogens (tertiary/aromatic N) is 2. The topological polar surface area (TPSA) is 87.0 Å². The van der Waals surface area contributed by atoms with Crippen molar-refractivity contribution in [3.8, 4) is 11.8 Å². The maximum absolute atomic E-state index is 12.5. The van der Waals surface area contributed by atoms with Gasteiger partial charge in [0.25, 0.3) is 5.91 Å². The molecule has 0 saturated carbocycles. The molecule has 1 amide bonds. The Morgan fingerprint density at radius 2 is 1.89 bits per heavy atom. The van der Waals surface area contributed by atoms with Crippen molar-refractivity contribution in [1.82, 2.24) is 4.98 Å². The van der Waals surface area contributed by atoms with Crippen molar-refractivity contribution < 1.29 is 9.53 Å². The predicted molar refractivity (Wildman–Crippen MR) is 104 cm³/mol. The summed E-state index contributed by atoms with van der Waals surface area (Å²) in [5.41, 5.74) is 2.87. The molecule has 0 aliphatic carbocycles. The third kappa shape index (κ3) is 4.61. The molecule has 3 rings (SSSR count). The number of carbonyl (C=O) groups is 1. The monoisotopic (exact) mass is 358 g/mol. The first-order chi connectivity index (χ1) is 13.2. The van der Waals surface area contributed by atoms with Gasteiger partial charge < -0.3 is 15.4 Å². The molecule has 2 aromatic carbocycles. The number of nitriles is 1. The molecule has 6 nitrogen and oxygen atoms in total. The smallest absolute Gasteiger partial charge is 0.257 e. The van der Waals surface area contributed by atoms with Crippen LogP contribution in [0.25, 0.3) is 0 Å². The van der Waals surface area contributed by atoms with E-state index in [1.54, 1.807) is 54.7 Å². The molecule has 1 aromatic heterocycles. The van der Waals surface area contributed by atoms with Gasteiger partial charge in [-0.3, -0.25) is 9.78 Å². The number of nitrogens with one attached hydrogen (secondary N) is 2. The van der Waals surface area contributed by atoms with E-state index in [-0.39, 0.29) is 5.91 Å². The second-order valence-electron chi connectivity index (χ2n) is 5.66. The molecule has 0 aliphatic rings. The van der Waals surface area contributed by atoms with E-state index in [4.69, 9.17) is 4.74 Å². The average Bonchev–Trinajstić information content (AvgIpc) is 2.70. The van der Waals surface area contributed by atoms with Crippen molar-refractivity contribution in [2.45, 2.75) is 6.92 Å². The Bertz CT molecular complexity index is 978. The number of amides is 1. The van der Waals surface area contributed by atoms with Gasteiger partial charge >= 0.3 is 0 Å². The molecule has 27 heavy (non-hydrogen) atoms. The lowest BCUT2D eigenvalue weighted by molar-refractivity contribution is 0.102. The maximum atomic E-state index is 12.5. The van der Waals surface area contributed by atoms with Gasteiger partial charge in [-0.25, -0.2) is 0 Å². The Hall–Kier alpha value is -3.85. The van der Waals surface area contributed by atoms with E-state index in [0.29, 0.717) is 34.8 Å². The van der Waals surface area contributed by atoms with Crippen LogP contribution in [-0.4, -0.2) is 17.5 Å². The maximum Gasteiger partial charge on any atom is 0.257 e. The second kappa shape index (κ2) is 8.50. The summed E-state index contributed by atoms with van der Waals surface area (Å²) in [7, 11) is 0. The minimum Gasteiger partial charge on any atom is -0.494 e. The van der Waals surface area contributed by atoms with Crippen molar-refractivity contribution in [3.63, 3.8) is 0 Å². The Morgan fingerprint density at radius 3 is 2.63 bits per heavy atom. The zero-order chi connectivity index (χ0) is 19.1. The van der Waals surface area contributed by atoms with Crippen LogP contribution in [0, 0.1) is 11.3 Å². The molecule has 0 atom stereocenters. The standard InChI is InChI=1S/C21H18N4O2/c1-2-27-19-9-7-17(8-10-19)25-21(26)16-11-18(14-23-13-16)24-20-6-4-3-5-15(20)12-22/h3-11,13-14,24H,2H2,1H3,(H,25,26). The van der Waals surface area contributed by atoms with Gasteiger partial charge in [0.15, 0.2) is 0 Å². The summed E-state index contributed by atoms with van der Waals surface area (Å²) < 4.78 is 5.39. The highest BCUT2D eigenvalue weighted by atomic mass is 16.5. The number of benzene rings is 2. The number of hydrogen-bond donors (Lipinski definition) is 2. The molecule has 1 heterocycles. The molecule has 0 spiro atoms. The second-order valence-corrected chi connectivity index (χ2v) is 5.66. The lowest BCUT2D eigenvalue weighted by Crippen LogP contribution is -2.12. The lowest BCUT2D eigenvalue weighted by Gasteiger charge is -2.10. The largest absolute Gasteiger partial charge is 0.494 e. The van der Waals surface area contributed by atoms with Gasteiger partial charge in [0.05, 0.1) is 35.3 Å². The molecule has 0 unspecified atom stereocenters. The molecular formula is C21H18N4O2. The van der Waals surface area contributed by atoms with Gasteiger partial charge in [-0.15, -0.1) is 0 Å². The van der Waals surface area contributed by atoms with Gasteiger partial charge in [-0.05, 0) is 49.4 Å². The molecule has 0 fully saturated rings. The van der Waals surface area contributed by atoms with Crippen molar-refractivity contribution in [1.29, 1.82) is 5.26 Å². The fraction of sp³-hybridized carbons (Fsp3) is 0.0952. The van der Waals surface area contributed by atoms with Crippen molar-refractivity contribution in [2.75, 3.05) is 17.2 Å². The van der Waals surface area contributed by atoms with Crippen LogP contribution in [-0.2, 0) is 0 Å². The molecule has 0 bridgehead atoms. The van der Waals surface area contributed by atoms with E-state index in [1.165, 1.54) is 6.20 Å². The van der Waals surface area contributed by atoms with Crippen LogP contribution < -0.4 is 15.4 Å². The minimum atomic E-state index is -0.274. The van der Waals surface area contributed by atoms with Crippen LogP contribution in [0.15, 0.2) is 67.0 Å². The first-order valence-corrected chi connectivity index (χ1v) is 8.45. The summed E-state index contributed by atoms with van der Waals surface area (Å²) in [4.78, 5) is 16.6.